The summed E-state index contributed by atoms with van der Waals surface area (Å²) < 4.78 is 10.9. The number of nitrogens with one attached hydrogen (secondary N) is 3. The summed E-state index contributed by atoms with van der Waals surface area (Å²) in [6, 6.07) is 16.7. The van der Waals surface area contributed by atoms with Gasteiger partial charge < -0.3 is 24.6 Å². The minimum absolute atomic E-state index is 0.0697. The summed E-state index contributed by atoms with van der Waals surface area (Å²) in [5.41, 5.74) is 3.66. The molecular weight excluding hydrogens is 378 g/mol. The number of rotatable bonds is 10. The number of hydrogen-bond donors (Lipinski definition) is 3. The number of hydrogen-bond acceptors (Lipinski definition) is 3. The Hall–Kier alpha value is -2.41. The number of amides is 1. The quantitative estimate of drug-likeness (QED) is 0.507. The Kier molecular flexibility index (Phi) is 8.68. The Morgan fingerprint density at radius 1 is 1.03 bits per heavy atom. The third kappa shape index (κ3) is 7.44. The molecule has 6 heteroatoms. The van der Waals surface area contributed by atoms with Crippen molar-refractivity contribution in [3.05, 3.63) is 65.2 Å². The first-order valence-electron chi connectivity index (χ1n) is 10.9. The number of morpholine rings is 1. The van der Waals surface area contributed by atoms with Gasteiger partial charge in [0.25, 0.3) is 5.91 Å². The van der Waals surface area contributed by atoms with Gasteiger partial charge >= 0.3 is 0 Å². The molecule has 3 rings (SSSR count). The molecule has 1 aliphatic rings. The Bertz CT molecular complexity index is 771. The van der Waals surface area contributed by atoms with E-state index in [4.69, 9.17) is 9.47 Å². The van der Waals surface area contributed by atoms with Gasteiger partial charge in [-0.3, -0.25) is 4.79 Å². The molecule has 6 nitrogen and oxygen atoms in total. The molecule has 1 unspecified atom stereocenters. The summed E-state index contributed by atoms with van der Waals surface area (Å²) in [5, 5.41) is 3.04. The van der Waals surface area contributed by atoms with Crippen molar-refractivity contribution in [1.29, 1.82) is 0 Å². The number of likely N-dealkylation sites (N-methyl/N-ethyl adjacent to an activating group) is 1. The Balaban J connectivity index is 1.38. The molecule has 1 fully saturated rings. The number of quaternary nitrogens is 2. The van der Waals surface area contributed by atoms with Crippen LogP contribution in [0.1, 0.15) is 23.6 Å². The van der Waals surface area contributed by atoms with Crippen LogP contribution in [0.5, 0.6) is 5.75 Å². The fourth-order valence-electron chi connectivity index (χ4n) is 3.72. The van der Waals surface area contributed by atoms with Crippen molar-refractivity contribution in [3.63, 3.8) is 0 Å². The molecule has 1 saturated heterocycles. The van der Waals surface area contributed by atoms with Gasteiger partial charge in [-0.1, -0.05) is 24.3 Å². The van der Waals surface area contributed by atoms with Crippen molar-refractivity contribution in [3.8, 4) is 5.75 Å². The predicted molar refractivity (Wildman–Crippen MR) is 117 cm³/mol. The summed E-state index contributed by atoms with van der Waals surface area (Å²) in [5.74, 6) is 0.953. The summed E-state index contributed by atoms with van der Waals surface area (Å²) in [6.07, 6.45) is 0. The Labute approximate surface area is 179 Å². The minimum Gasteiger partial charge on any atom is -0.494 e. The summed E-state index contributed by atoms with van der Waals surface area (Å²) in [7, 11) is 2.04. The third-order valence-electron chi connectivity index (χ3n) is 5.37. The molecule has 0 saturated carbocycles. The maximum absolute atomic E-state index is 12.3. The van der Waals surface area contributed by atoms with Crippen molar-refractivity contribution in [2.24, 2.45) is 0 Å². The number of carbonyl (C=O) groups is 1. The van der Waals surface area contributed by atoms with E-state index < -0.39 is 0 Å². The third-order valence-corrected chi connectivity index (χ3v) is 5.37. The number of ether oxygens (including phenoxy) is 2. The van der Waals surface area contributed by atoms with Crippen LogP contribution in [-0.2, 0) is 29.2 Å². The SMILES string of the molecule is CCOc1ccc(C[NH+](C)CC(=O)NCc2ccc(C[NH+]3CCOCC3)cc2)cc1. The summed E-state index contributed by atoms with van der Waals surface area (Å²) in [4.78, 5) is 15.0. The molecule has 0 bridgehead atoms. The highest BCUT2D eigenvalue weighted by Crippen LogP contribution is 2.11. The highest BCUT2D eigenvalue weighted by molar-refractivity contribution is 5.76. The van der Waals surface area contributed by atoms with Crippen LogP contribution in [0.25, 0.3) is 0 Å². The molecule has 1 heterocycles. The molecule has 0 radical (unpaired) electrons. The average molecular weight is 414 g/mol. The van der Waals surface area contributed by atoms with E-state index in [-0.39, 0.29) is 5.91 Å². The molecule has 1 aliphatic heterocycles. The second-order valence-corrected chi connectivity index (χ2v) is 8.02. The molecular formula is C24H35N3O3+2. The lowest BCUT2D eigenvalue weighted by atomic mass is 10.1. The molecule has 0 aliphatic carbocycles. The van der Waals surface area contributed by atoms with E-state index in [0.29, 0.717) is 19.7 Å². The minimum atomic E-state index is 0.0697. The fraction of sp³-hybridized carbons (Fsp3) is 0.458. The summed E-state index contributed by atoms with van der Waals surface area (Å²) >= 11 is 0. The van der Waals surface area contributed by atoms with E-state index in [2.05, 4.69) is 41.7 Å². The Morgan fingerprint density at radius 3 is 2.33 bits per heavy atom. The van der Waals surface area contributed by atoms with Crippen molar-refractivity contribution >= 4 is 5.91 Å². The van der Waals surface area contributed by atoms with E-state index in [0.717, 1.165) is 55.6 Å². The predicted octanol–water partition coefficient (Wildman–Crippen LogP) is -0.168. The molecule has 2 aromatic rings. The van der Waals surface area contributed by atoms with Gasteiger partial charge in [0, 0.05) is 17.7 Å². The van der Waals surface area contributed by atoms with E-state index in [1.54, 1.807) is 4.90 Å². The van der Waals surface area contributed by atoms with Crippen molar-refractivity contribution in [2.45, 2.75) is 26.6 Å². The van der Waals surface area contributed by atoms with Gasteiger partial charge in [-0.05, 0) is 36.8 Å². The van der Waals surface area contributed by atoms with Crippen LogP contribution in [0.15, 0.2) is 48.5 Å². The zero-order valence-electron chi connectivity index (χ0n) is 18.2. The van der Waals surface area contributed by atoms with Gasteiger partial charge in [0.05, 0.1) is 26.9 Å². The first-order valence-corrected chi connectivity index (χ1v) is 10.9. The van der Waals surface area contributed by atoms with Crippen LogP contribution in [0, 0.1) is 0 Å². The summed E-state index contributed by atoms with van der Waals surface area (Å²) in [6.45, 7) is 9.37. The topological polar surface area (TPSA) is 56.4 Å². The van der Waals surface area contributed by atoms with Crippen molar-refractivity contribution in [1.82, 2.24) is 5.32 Å². The van der Waals surface area contributed by atoms with E-state index >= 15 is 0 Å². The first kappa shape index (κ1) is 22.3. The van der Waals surface area contributed by atoms with E-state index in [9.17, 15) is 4.79 Å². The monoisotopic (exact) mass is 413 g/mol. The fourth-order valence-corrected chi connectivity index (χ4v) is 3.72. The lowest BCUT2D eigenvalue weighted by Gasteiger charge is -2.23. The normalized spacial score (nSPS) is 15.5. The highest BCUT2D eigenvalue weighted by Gasteiger charge is 2.14. The van der Waals surface area contributed by atoms with Gasteiger partial charge in [0.1, 0.15) is 31.9 Å². The zero-order valence-corrected chi connectivity index (χ0v) is 18.2. The average Bonchev–Trinajstić information content (AvgIpc) is 2.75. The zero-order chi connectivity index (χ0) is 21.2. The molecule has 0 spiro atoms. The molecule has 0 aromatic heterocycles. The van der Waals surface area contributed by atoms with Gasteiger partial charge in [0.15, 0.2) is 6.54 Å². The number of benzene rings is 2. The van der Waals surface area contributed by atoms with Gasteiger partial charge in [0.2, 0.25) is 0 Å². The van der Waals surface area contributed by atoms with Crippen molar-refractivity contribution in [2.75, 3.05) is 46.5 Å². The van der Waals surface area contributed by atoms with E-state index in [1.807, 2.05) is 26.1 Å². The molecule has 2 aromatic carbocycles. The van der Waals surface area contributed by atoms with Crippen LogP contribution in [0.4, 0.5) is 0 Å². The highest BCUT2D eigenvalue weighted by atomic mass is 16.5. The largest absolute Gasteiger partial charge is 0.494 e. The van der Waals surface area contributed by atoms with Crippen molar-refractivity contribution < 1.29 is 24.1 Å². The molecule has 1 amide bonds. The van der Waals surface area contributed by atoms with E-state index in [1.165, 1.54) is 11.1 Å². The number of carbonyl (C=O) groups excluding carboxylic acids is 1. The second kappa shape index (κ2) is 11.7. The lowest BCUT2D eigenvalue weighted by molar-refractivity contribution is -0.921. The van der Waals surface area contributed by atoms with Gasteiger partial charge in [-0.15, -0.1) is 0 Å². The standard InChI is InChI=1S/C24H33N3O3/c1-3-30-23-10-8-21(9-11-23)17-26(2)19-24(28)25-16-20-4-6-22(7-5-20)18-27-12-14-29-15-13-27/h4-11H,3,12-19H2,1-2H3,(H,25,28)/p+2. The Morgan fingerprint density at radius 2 is 1.67 bits per heavy atom. The maximum Gasteiger partial charge on any atom is 0.275 e. The lowest BCUT2D eigenvalue weighted by Crippen LogP contribution is -3.12. The van der Waals surface area contributed by atoms with Crippen LogP contribution in [-0.4, -0.2) is 52.4 Å². The second-order valence-electron chi connectivity index (χ2n) is 8.02. The van der Waals surface area contributed by atoms with Crippen LogP contribution in [0.2, 0.25) is 0 Å². The van der Waals surface area contributed by atoms with Crippen LogP contribution >= 0.6 is 0 Å². The molecule has 3 N–H and O–H groups in total. The molecule has 1 atom stereocenters. The molecule has 162 valence electrons. The van der Waals surface area contributed by atoms with Crippen LogP contribution in [0.3, 0.4) is 0 Å². The van der Waals surface area contributed by atoms with Gasteiger partial charge in [-0.25, -0.2) is 0 Å². The van der Waals surface area contributed by atoms with Crippen LogP contribution < -0.4 is 19.9 Å². The molecule has 30 heavy (non-hydrogen) atoms. The maximum atomic E-state index is 12.3. The van der Waals surface area contributed by atoms with Gasteiger partial charge in [-0.2, -0.15) is 0 Å². The first-order chi connectivity index (χ1) is 14.6. The smallest absolute Gasteiger partial charge is 0.275 e.